The topological polar surface area (TPSA) is 84.9 Å². The maximum Gasteiger partial charge on any atom is 0.312 e. The molecule has 0 aliphatic carbocycles. The number of rotatable bonds is 2. The van der Waals surface area contributed by atoms with Gasteiger partial charge in [-0.05, 0) is 45.0 Å². The van der Waals surface area contributed by atoms with Gasteiger partial charge in [0.05, 0.1) is 36.4 Å². The lowest BCUT2D eigenvalue weighted by molar-refractivity contribution is -0.155. The molecule has 0 bridgehead atoms. The van der Waals surface area contributed by atoms with Gasteiger partial charge in [0.2, 0.25) is 0 Å². The van der Waals surface area contributed by atoms with Crippen molar-refractivity contribution in [1.82, 2.24) is 4.90 Å². The number of fused-ring (bicyclic) bond motifs is 6. The highest BCUT2D eigenvalue weighted by Gasteiger charge is 2.67. The van der Waals surface area contributed by atoms with Crippen LogP contribution < -0.4 is 10.1 Å². The van der Waals surface area contributed by atoms with Crippen LogP contribution in [0.25, 0.3) is 0 Å². The Kier molecular flexibility index (Phi) is 4.71. The molecule has 8 heteroatoms. The first-order chi connectivity index (χ1) is 15.3. The number of hydrogen-bond donors (Lipinski definition) is 1. The molecule has 2 amide bonds. The Morgan fingerprint density at radius 3 is 2.81 bits per heavy atom. The Hall–Kier alpha value is -3.06. The van der Waals surface area contributed by atoms with Crippen LogP contribution in [0.3, 0.4) is 0 Å². The molecule has 0 aromatic heterocycles. The van der Waals surface area contributed by atoms with E-state index in [-0.39, 0.29) is 19.1 Å². The summed E-state index contributed by atoms with van der Waals surface area (Å²) in [5.74, 6) is -2.00. The molecule has 32 heavy (non-hydrogen) atoms. The fourth-order valence-corrected chi connectivity index (χ4v) is 5.58. The first-order valence-corrected chi connectivity index (χ1v) is 11.0. The van der Waals surface area contributed by atoms with Gasteiger partial charge in [0, 0.05) is 16.5 Å². The fourth-order valence-electron chi connectivity index (χ4n) is 5.41. The van der Waals surface area contributed by atoms with Gasteiger partial charge in [-0.2, -0.15) is 0 Å². The largest absolute Gasteiger partial charge is 0.493 e. The Morgan fingerprint density at radius 1 is 1.28 bits per heavy atom. The Morgan fingerprint density at radius 2 is 2.06 bits per heavy atom. The highest BCUT2D eigenvalue weighted by Crippen LogP contribution is 2.57. The molecule has 4 atom stereocenters. The van der Waals surface area contributed by atoms with E-state index in [9.17, 15) is 14.4 Å². The zero-order valence-corrected chi connectivity index (χ0v) is 18.7. The second-order valence-electron chi connectivity index (χ2n) is 8.66. The lowest BCUT2D eigenvalue weighted by Crippen LogP contribution is -2.57. The third kappa shape index (κ3) is 2.77. The van der Waals surface area contributed by atoms with Crippen molar-refractivity contribution in [3.8, 4) is 5.75 Å². The molecule has 0 radical (unpaired) electrons. The quantitative estimate of drug-likeness (QED) is 0.699. The number of anilines is 1. The monoisotopic (exact) mass is 454 g/mol. The zero-order chi connectivity index (χ0) is 22.8. The van der Waals surface area contributed by atoms with Crippen LogP contribution in [0.15, 0.2) is 36.4 Å². The molecule has 3 heterocycles. The van der Waals surface area contributed by atoms with Gasteiger partial charge in [0.25, 0.3) is 11.8 Å². The molecule has 166 valence electrons. The van der Waals surface area contributed by atoms with Gasteiger partial charge < -0.3 is 19.7 Å². The van der Waals surface area contributed by atoms with Crippen LogP contribution in [0.5, 0.6) is 5.75 Å². The van der Waals surface area contributed by atoms with Crippen LogP contribution in [0.2, 0.25) is 5.02 Å². The first-order valence-electron chi connectivity index (χ1n) is 10.6. The van der Waals surface area contributed by atoms with E-state index >= 15 is 0 Å². The summed E-state index contributed by atoms with van der Waals surface area (Å²) in [5.41, 5.74) is 0.961. The second kappa shape index (κ2) is 7.24. The highest BCUT2D eigenvalue weighted by atomic mass is 35.5. The van der Waals surface area contributed by atoms with Gasteiger partial charge in [0.15, 0.2) is 0 Å². The van der Waals surface area contributed by atoms with Gasteiger partial charge in [-0.15, -0.1) is 0 Å². The van der Waals surface area contributed by atoms with Gasteiger partial charge in [0.1, 0.15) is 11.3 Å². The van der Waals surface area contributed by atoms with E-state index in [1.54, 1.807) is 36.9 Å². The zero-order valence-electron chi connectivity index (χ0n) is 18.0. The van der Waals surface area contributed by atoms with E-state index in [4.69, 9.17) is 21.1 Å². The number of amides is 2. The van der Waals surface area contributed by atoms with Gasteiger partial charge in [-0.25, -0.2) is 0 Å². The number of benzene rings is 2. The smallest absolute Gasteiger partial charge is 0.312 e. The molecular formula is C24H23ClN2O5. The number of hydrogen-bond acceptors (Lipinski definition) is 5. The molecule has 0 saturated carbocycles. The van der Waals surface area contributed by atoms with Crippen LogP contribution in [0, 0.1) is 18.8 Å². The number of halogens is 1. The minimum atomic E-state index is -1.47. The predicted octanol–water partition coefficient (Wildman–Crippen LogP) is 3.74. The molecular weight excluding hydrogens is 432 g/mol. The summed E-state index contributed by atoms with van der Waals surface area (Å²) in [6.45, 7) is 5.68. The van der Waals surface area contributed by atoms with Crippen LogP contribution in [0.1, 0.15) is 41.4 Å². The van der Waals surface area contributed by atoms with Crippen molar-refractivity contribution in [2.24, 2.45) is 11.8 Å². The van der Waals surface area contributed by atoms with Gasteiger partial charge >= 0.3 is 5.97 Å². The minimum absolute atomic E-state index is 0.171. The van der Waals surface area contributed by atoms with E-state index < -0.39 is 35.3 Å². The van der Waals surface area contributed by atoms with Crippen LogP contribution in [0.4, 0.5) is 5.69 Å². The SMILES string of the molecule is CCOC(=O)[C@H]1[C@H]2COc3ccc(C)cc3[C@@H]2N2C(=O)c3cc(Cl)ccc3NC(=O)[C@@]12C. The van der Waals surface area contributed by atoms with Gasteiger partial charge in [-0.1, -0.05) is 29.3 Å². The standard InChI is InChI=1S/C24H23ClN2O5/c1-4-31-22(29)19-16-11-32-18-8-5-12(2)9-15(18)20(16)27-21(28)14-10-13(25)6-7-17(14)26-23(30)24(19,27)3/h5-10,16,19-20H,4,11H2,1-3H3,(H,26,30)/t16-,19-,20+,24-/m1/s1. The highest BCUT2D eigenvalue weighted by molar-refractivity contribution is 6.31. The Labute approximate surface area is 190 Å². The molecule has 0 spiro atoms. The van der Waals surface area contributed by atoms with Crippen molar-refractivity contribution in [1.29, 1.82) is 0 Å². The number of esters is 1. The van der Waals surface area contributed by atoms with E-state index in [2.05, 4.69) is 5.32 Å². The fraction of sp³-hybridized carbons (Fsp3) is 0.375. The molecule has 7 nitrogen and oxygen atoms in total. The summed E-state index contributed by atoms with van der Waals surface area (Å²) in [5, 5.41) is 3.24. The van der Waals surface area contributed by atoms with Gasteiger partial charge in [-0.3, -0.25) is 14.4 Å². The number of nitrogens with zero attached hydrogens (tertiary/aromatic N) is 1. The number of aryl methyl sites for hydroxylation is 1. The molecule has 1 N–H and O–H groups in total. The van der Waals surface area contributed by atoms with E-state index in [1.165, 1.54) is 0 Å². The summed E-state index contributed by atoms with van der Waals surface area (Å²) in [6.07, 6.45) is 0. The molecule has 2 aromatic rings. The molecule has 1 fully saturated rings. The maximum absolute atomic E-state index is 14.0. The van der Waals surface area contributed by atoms with Crippen LogP contribution >= 0.6 is 11.6 Å². The summed E-state index contributed by atoms with van der Waals surface area (Å²) in [6, 6.07) is 10.00. The third-order valence-electron chi connectivity index (χ3n) is 6.81. The third-order valence-corrected chi connectivity index (χ3v) is 7.05. The molecule has 1 saturated heterocycles. The number of carbonyl (C=O) groups is 3. The predicted molar refractivity (Wildman–Crippen MR) is 118 cm³/mol. The van der Waals surface area contributed by atoms with Crippen molar-refractivity contribution in [3.63, 3.8) is 0 Å². The second-order valence-corrected chi connectivity index (χ2v) is 9.09. The molecule has 5 rings (SSSR count). The maximum atomic E-state index is 14.0. The average molecular weight is 455 g/mol. The van der Waals surface area contributed by atoms with Crippen molar-refractivity contribution < 1.29 is 23.9 Å². The molecule has 3 aliphatic heterocycles. The summed E-state index contributed by atoms with van der Waals surface area (Å²) in [4.78, 5) is 42.4. The van der Waals surface area contributed by atoms with Crippen molar-refractivity contribution in [2.45, 2.75) is 32.4 Å². The van der Waals surface area contributed by atoms with E-state index in [0.717, 1.165) is 11.1 Å². The number of carbonyl (C=O) groups excluding carboxylic acids is 3. The van der Waals surface area contributed by atoms with E-state index in [1.807, 2.05) is 25.1 Å². The average Bonchev–Trinajstić information content (AvgIpc) is 3.00. The van der Waals surface area contributed by atoms with Crippen molar-refractivity contribution in [2.75, 3.05) is 18.5 Å². The summed E-state index contributed by atoms with van der Waals surface area (Å²) < 4.78 is 11.4. The first kappa shape index (κ1) is 20.8. The lowest BCUT2D eigenvalue weighted by atomic mass is 9.77. The number of nitrogens with one attached hydrogen (secondary N) is 1. The lowest BCUT2D eigenvalue weighted by Gasteiger charge is -2.38. The van der Waals surface area contributed by atoms with E-state index in [0.29, 0.717) is 22.0 Å². The van der Waals surface area contributed by atoms with Crippen LogP contribution in [-0.4, -0.2) is 41.4 Å². The summed E-state index contributed by atoms with van der Waals surface area (Å²) >= 11 is 6.19. The minimum Gasteiger partial charge on any atom is -0.493 e. The molecule has 3 aliphatic rings. The Bertz CT molecular complexity index is 1170. The number of ether oxygens (including phenoxy) is 2. The normalized spacial score (nSPS) is 27.9. The van der Waals surface area contributed by atoms with Crippen molar-refractivity contribution >= 4 is 35.1 Å². The molecule has 0 unspecified atom stereocenters. The Balaban J connectivity index is 1.77. The summed E-state index contributed by atoms with van der Waals surface area (Å²) in [7, 11) is 0. The van der Waals surface area contributed by atoms with Crippen LogP contribution in [-0.2, 0) is 14.3 Å². The molecule has 2 aromatic carbocycles. The van der Waals surface area contributed by atoms with Crippen molar-refractivity contribution in [3.05, 3.63) is 58.1 Å².